The molecule has 0 saturated carbocycles. The minimum Gasteiger partial charge on any atom is -0.364 e. The number of nitrogens with zero attached hydrogens (tertiary/aromatic N) is 2. The standard InChI is InChI=1S/C13H16ClN3O2/c14-11-8-12(17(18)19)13(16-9-11)15-7-6-10-4-2-1-3-5-10/h4,8-9H,1-3,5-7H2,(H,15,16). The van der Waals surface area contributed by atoms with Gasteiger partial charge in [-0.25, -0.2) is 4.98 Å². The summed E-state index contributed by atoms with van der Waals surface area (Å²) in [5.74, 6) is 0.283. The van der Waals surface area contributed by atoms with Crippen LogP contribution in [0.3, 0.4) is 0 Å². The molecule has 0 radical (unpaired) electrons. The van der Waals surface area contributed by atoms with Gasteiger partial charge in [0.15, 0.2) is 0 Å². The fraction of sp³-hybridized carbons (Fsp3) is 0.462. The Morgan fingerprint density at radius 2 is 2.32 bits per heavy atom. The third-order valence-corrected chi connectivity index (χ3v) is 3.36. The van der Waals surface area contributed by atoms with Gasteiger partial charge in [-0.3, -0.25) is 10.1 Å². The van der Waals surface area contributed by atoms with Crippen molar-refractivity contribution < 1.29 is 4.92 Å². The number of anilines is 1. The summed E-state index contributed by atoms with van der Waals surface area (Å²) in [7, 11) is 0. The lowest BCUT2D eigenvalue weighted by Crippen LogP contribution is -2.07. The van der Waals surface area contributed by atoms with Gasteiger partial charge in [-0.15, -0.1) is 0 Å². The normalized spacial score (nSPS) is 14.9. The van der Waals surface area contributed by atoms with E-state index in [0.29, 0.717) is 6.54 Å². The molecule has 1 N–H and O–H groups in total. The van der Waals surface area contributed by atoms with E-state index in [4.69, 9.17) is 11.6 Å². The van der Waals surface area contributed by atoms with Gasteiger partial charge in [0.25, 0.3) is 0 Å². The highest BCUT2D eigenvalue weighted by Crippen LogP contribution is 2.25. The molecule has 0 spiro atoms. The average molecular weight is 282 g/mol. The zero-order valence-electron chi connectivity index (χ0n) is 10.6. The minimum atomic E-state index is -0.471. The van der Waals surface area contributed by atoms with Crippen LogP contribution in [0.5, 0.6) is 0 Å². The van der Waals surface area contributed by atoms with Crippen LogP contribution in [0.2, 0.25) is 5.02 Å². The highest BCUT2D eigenvalue weighted by molar-refractivity contribution is 6.30. The number of aromatic nitrogens is 1. The molecular weight excluding hydrogens is 266 g/mol. The quantitative estimate of drug-likeness (QED) is 0.504. The summed E-state index contributed by atoms with van der Waals surface area (Å²) in [6.07, 6.45) is 9.38. The van der Waals surface area contributed by atoms with Gasteiger partial charge in [0.05, 0.1) is 9.95 Å². The number of halogens is 1. The van der Waals surface area contributed by atoms with Crippen molar-refractivity contribution in [3.63, 3.8) is 0 Å². The molecule has 2 rings (SSSR count). The number of allylic oxidation sites excluding steroid dienone is 1. The highest BCUT2D eigenvalue weighted by atomic mass is 35.5. The molecule has 1 heterocycles. The van der Waals surface area contributed by atoms with Gasteiger partial charge in [-0.05, 0) is 32.1 Å². The monoisotopic (exact) mass is 281 g/mol. The van der Waals surface area contributed by atoms with Gasteiger partial charge >= 0.3 is 5.69 Å². The minimum absolute atomic E-state index is 0.0786. The molecule has 0 bridgehead atoms. The summed E-state index contributed by atoms with van der Waals surface area (Å²) < 4.78 is 0. The van der Waals surface area contributed by atoms with E-state index < -0.39 is 4.92 Å². The number of nitro groups is 1. The van der Waals surface area contributed by atoms with E-state index in [-0.39, 0.29) is 16.5 Å². The number of hydrogen-bond donors (Lipinski definition) is 1. The lowest BCUT2D eigenvalue weighted by molar-refractivity contribution is -0.384. The van der Waals surface area contributed by atoms with Crippen molar-refractivity contribution in [3.8, 4) is 0 Å². The third kappa shape index (κ3) is 3.92. The number of hydrogen-bond acceptors (Lipinski definition) is 4. The molecule has 19 heavy (non-hydrogen) atoms. The summed E-state index contributed by atoms with van der Waals surface area (Å²) in [5, 5.41) is 14.2. The van der Waals surface area contributed by atoms with Crippen molar-refractivity contribution >= 4 is 23.1 Å². The van der Waals surface area contributed by atoms with E-state index >= 15 is 0 Å². The van der Waals surface area contributed by atoms with Gasteiger partial charge < -0.3 is 5.32 Å². The smallest absolute Gasteiger partial charge is 0.312 e. The van der Waals surface area contributed by atoms with Gasteiger partial charge in [-0.1, -0.05) is 23.3 Å². The first-order chi connectivity index (χ1) is 9.16. The fourth-order valence-electron chi connectivity index (χ4n) is 2.18. The number of nitrogens with one attached hydrogen (secondary N) is 1. The van der Waals surface area contributed by atoms with E-state index in [2.05, 4.69) is 16.4 Å². The van der Waals surface area contributed by atoms with Gasteiger partial charge in [-0.2, -0.15) is 0 Å². The summed E-state index contributed by atoms with van der Waals surface area (Å²) in [6.45, 7) is 0.654. The first-order valence-corrected chi connectivity index (χ1v) is 6.76. The summed E-state index contributed by atoms with van der Waals surface area (Å²) in [5.41, 5.74) is 1.35. The lowest BCUT2D eigenvalue weighted by atomic mass is 9.97. The van der Waals surface area contributed by atoms with Crippen molar-refractivity contribution in [2.75, 3.05) is 11.9 Å². The maximum Gasteiger partial charge on any atom is 0.312 e. The Kier molecular flexibility index (Phi) is 4.74. The Morgan fingerprint density at radius 3 is 3.00 bits per heavy atom. The van der Waals surface area contributed by atoms with Crippen molar-refractivity contribution in [2.45, 2.75) is 32.1 Å². The van der Waals surface area contributed by atoms with Crippen LogP contribution < -0.4 is 5.32 Å². The zero-order valence-corrected chi connectivity index (χ0v) is 11.3. The first-order valence-electron chi connectivity index (χ1n) is 6.38. The molecule has 0 unspecified atom stereocenters. The number of pyridine rings is 1. The van der Waals surface area contributed by atoms with Crippen LogP contribution >= 0.6 is 11.6 Å². The summed E-state index contributed by atoms with van der Waals surface area (Å²) in [4.78, 5) is 14.4. The maximum atomic E-state index is 10.9. The Labute approximate surface area is 116 Å². The molecule has 0 amide bonds. The molecule has 1 aromatic rings. The van der Waals surface area contributed by atoms with Gasteiger partial charge in [0.1, 0.15) is 0 Å². The second-order valence-electron chi connectivity index (χ2n) is 4.56. The molecule has 0 aromatic carbocycles. The average Bonchev–Trinajstić information content (AvgIpc) is 2.41. The predicted octanol–water partition coefficient (Wildman–Crippen LogP) is 3.95. The Morgan fingerprint density at radius 1 is 1.47 bits per heavy atom. The Balaban J connectivity index is 1.95. The largest absolute Gasteiger partial charge is 0.364 e. The van der Waals surface area contributed by atoms with Crippen molar-refractivity contribution in [2.24, 2.45) is 0 Å². The third-order valence-electron chi connectivity index (χ3n) is 3.15. The molecule has 5 nitrogen and oxygen atoms in total. The van der Waals surface area contributed by atoms with Gasteiger partial charge in [0.2, 0.25) is 5.82 Å². The first kappa shape index (κ1) is 13.8. The van der Waals surface area contributed by atoms with Crippen LogP contribution in [0.4, 0.5) is 11.5 Å². The van der Waals surface area contributed by atoms with E-state index in [1.54, 1.807) is 0 Å². The SMILES string of the molecule is O=[N+]([O-])c1cc(Cl)cnc1NCCC1=CCCCC1. The topological polar surface area (TPSA) is 68.1 Å². The van der Waals surface area contributed by atoms with E-state index in [0.717, 1.165) is 19.3 Å². The molecular formula is C13H16ClN3O2. The van der Waals surface area contributed by atoms with Crippen LogP contribution in [0.1, 0.15) is 32.1 Å². The molecule has 1 aromatic heterocycles. The van der Waals surface area contributed by atoms with Crippen LogP contribution in [-0.4, -0.2) is 16.5 Å². The second kappa shape index (κ2) is 6.52. The maximum absolute atomic E-state index is 10.9. The van der Waals surface area contributed by atoms with E-state index in [1.165, 1.54) is 30.7 Å². The fourth-order valence-corrected chi connectivity index (χ4v) is 2.33. The molecule has 0 fully saturated rings. The van der Waals surface area contributed by atoms with E-state index in [1.807, 2.05) is 0 Å². The van der Waals surface area contributed by atoms with Crippen molar-refractivity contribution in [3.05, 3.63) is 39.0 Å². The molecule has 0 atom stereocenters. The van der Waals surface area contributed by atoms with Crippen LogP contribution in [0, 0.1) is 10.1 Å². The molecule has 6 heteroatoms. The second-order valence-corrected chi connectivity index (χ2v) is 5.00. The molecule has 0 aliphatic heterocycles. The van der Waals surface area contributed by atoms with E-state index in [9.17, 15) is 10.1 Å². The molecule has 1 aliphatic carbocycles. The summed E-state index contributed by atoms with van der Waals surface area (Å²) in [6, 6.07) is 1.32. The number of rotatable bonds is 5. The molecule has 1 aliphatic rings. The van der Waals surface area contributed by atoms with Crippen LogP contribution in [0.15, 0.2) is 23.9 Å². The van der Waals surface area contributed by atoms with Crippen molar-refractivity contribution in [1.82, 2.24) is 4.98 Å². The molecule has 0 saturated heterocycles. The zero-order chi connectivity index (χ0) is 13.7. The van der Waals surface area contributed by atoms with Crippen LogP contribution in [0.25, 0.3) is 0 Å². The summed E-state index contributed by atoms with van der Waals surface area (Å²) >= 11 is 5.71. The predicted molar refractivity (Wildman–Crippen MR) is 75.6 cm³/mol. The highest BCUT2D eigenvalue weighted by Gasteiger charge is 2.15. The van der Waals surface area contributed by atoms with Crippen LogP contribution in [-0.2, 0) is 0 Å². The van der Waals surface area contributed by atoms with Gasteiger partial charge in [0, 0.05) is 18.8 Å². The Bertz CT molecular complexity index is 503. The lowest BCUT2D eigenvalue weighted by Gasteiger charge is -2.13. The molecule has 102 valence electrons. The van der Waals surface area contributed by atoms with Crippen molar-refractivity contribution in [1.29, 1.82) is 0 Å². The Hall–Kier alpha value is -1.62.